The maximum absolute atomic E-state index is 13.5. The molecule has 2 aromatic carbocycles. The first-order chi connectivity index (χ1) is 22.8. The van der Waals surface area contributed by atoms with Gasteiger partial charge < -0.3 is 19.9 Å². The number of amides is 2. The van der Waals surface area contributed by atoms with Crippen LogP contribution in [0.3, 0.4) is 0 Å². The normalized spacial score (nSPS) is 17.8. The number of halogens is 3. The van der Waals surface area contributed by atoms with Crippen LogP contribution in [-0.2, 0) is 17.8 Å². The molecule has 2 fully saturated rings. The van der Waals surface area contributed by atoms with Gasteiger partial charge in [0.2, 0.25) is 5.91 Å². The first-order valence-corrected chi connectivity index (χ1v) is 15.6. The third-order valence-corrected chi connectivity index (χ3v) is 8.95. The molecule has 2 atom stereocenters. The molecule has 2 aliphatic rings. The number of likely N-dealkylation sites (tertiary alicyclic amines) is 2. The van der Waals surface area contributed by atoms with Gasteiger partial charge in [-0.05, 0) is 48.1 Å². The number of nitrogens with zero attached hydrogens (tertiary/aromatic N) is 7. The Bertz CT molecular complexity index is 1900. The van der Waals surface area contributed by atoms with E-state index in [0.29, 0.717) is 30.6 Å². The zero-order valence-corrected chi connectivity index (χ0v) is 25.9. The largest absolute Gasteiger partial charge is 0.434 e. The van der Waals surface area contributed by atoms with Crippen LogP contribution in [0.5, 0.6) is 5.75 Å². The zero-order chi connectivity index (χ0) is 32.5. The smallest absolute Gasteiger partial charge is 0.387 e. The number of carbonyl (C=O) groups excluding carboxylic acids is 2. The zero-order valence-electron chi connectivity index (χ0n) is 25.2. The first kappa shape index (κ1) is 30.8. The molecule has 47 heavy (non-hydrogen) atoms. The molecule has 3 aromatic heterocycles. The summed E-state index contributed by atoms with van der Waals surface area (Å²) in [4.78, 5) is 35.5. The van der Waals surface area contributed by atoms with Gasteiger partial charge in [-0.1, -0.05) is 41.9 Å². The van der Waals surface area contributed by atoms with E-state index < -0.39 is 12.5 Å². The number of hydrogen-bond acceptors (Lipinski definition) is 7. The van der Waals surface area contributed by atoms with Gasteiger partial charge in [0, 0.05) is 61.9 Å². The maximum Gasteiger partial charge on any atom is 0.387 e. The molecule has 242 valence electrons. The van der Waals surface area contributed by atoms with Crippen LogP contribution < -0.4 is 10.1 Å². The number of aromatic nitrogens is 5. The third kappa shape index (κ3) is 6.67. The number of fused-ring (bicyclic) bond motifs is 2. The molecule has 0 spiro atoms. The van der Waals surface area contributed by atoms with Crippen molar-refractivity contribution < 1.29 is 23.1 Å². The Hall–Kier alpha value is -4.88. The van der Waals surface area contributed by atoms with Crippen molar-refractivity contribution in [3.05, 3.63) is 95.5 Å². The Morgan fingerprint density at radius 2 is 1.83 bits per heavy atom. The molecule has 14 heteroatoms. The van der Waals surface area contributed by atoms with E-state index in [1.807, 2.05) is 11.0 Å². The van der Waals surface area contributed by atoms with Crippen LogP contribution in [-0.4, -0.2) is 85.3 Å². The van der Waals surface area contributed by atoms with Gasteiger partial charge in [-0.2, -0.15) is 19.0 Å². The summed E-state index contributed by atoms with van der Waals surface area (Å²) in [7, 11) is 0. The number of rotatable bonds is 10. The topological polar surface area (TPSA) is 110 Å². The minimum Gasteiger partial charge on any atom is -0.434 e. The monoisotopic (exact) mass is 660 g/mol. The molecule has 2 unspecified atom stereocenters. The Morgan fingerprint density at radius 3 is 2.60 bits per heavy atom. The van der Waals surface area contributed by atoms with Crippen molar-refractivity contribution in [3.8, 4) is 17.0 Å². The molecule has 5 aromatic rings. The van der Waals surface area contributed by atoms with Crippen LogP contribution in [0.2, 0.25) is 5.02 Å². The lowest BCUT2D eigenvalue weighted by molar-refractivity contribution is -0.131. The number of alkyl halides is 2. The van der Waals surface area contributed by atoms with Crippen molar-refractivity contribution in [2.45, 2.75) is 19.6 Å². The Morgan fingerprint density at radius 1 is 1.04 bits per heavy atom. The lowest BCUT2D eigenvalue weighted by Gasteiger charge is -2.21. The van der Waals surface area contributed by atoms with Gasteiger partial charge in [-0.25, -0.2) is 9.50 Å². The predicted octanol–water partition coefficient (Wildman–Crippen LogP) is 4.73. The fourth-order valence-corrected chi connectivity index (χ4v) is 6.67. The number of nitrogens with one attached hydrogen (secondary N) is 1. The number of hydrogen-bond donors (Lipinski definition) is 1. The van der Waals surface area contributed by atoms with Crippen LogP contribution in [0.25, 0.3) is 16.9 Å². The summed E-state index contributed by atoms with van der Waals surface area (Å²) < 4.78 is 34.3. The van der Waals surface area contributed by atoms with Crippen molar-refractivity contribution >= 4 is 34.7 Å². The van der Waals surface area contributed by atoms with E-state index in [1.54, 1.807) is 12.3 Å². The number of carbonyl (C=O) groups is 2. The van der Waals surface area contributed by atoms with Crippen molar-refractivity contribution in [1.82, 2.24) is 34.2 Å². The van der Waals surface area contributed by atoms with E-state index in [9.17, 15) is 18.4 Å². The van der Waals surface area contributed by atoms with Crippen LogP contribution in [0.1, 0.15) is 15.9 Å². The van der Waals surface area contributed by atoms with Gasteiger partial charge in [-0.3, -0.25) is 14.3 Å². The second-order valence-electron chi connectivity index (χ2n) is 11.8. The quantitative estimate of drug-likeness (QED) is 0.231. The Kier molecular flexibility index (Phi) is 8.56. The summed E-state index contributed by atoms with van der Waals surface area (Å²) in [6.07, 6.45) is 7.07. The summed E-state index contributed by atoms with van der Waals surface area (Å²) in [5, 5.41) is 11.8. The molecular formula is C33H31ClF2N8O3. The summed E-state index contributed by atoms with van der Waals surface area (Å²) in [6.45, 7) is 0.986. The minimum atomic E-state index is -3.11. The molecular weight excluding hydrogens is 630 g/mol. The van der Waals surface area contributed by atoms with Gasteiger partial charge in [0.25, 0.3) is 5.91 Å². The lowest BCUT2D eigenvalue weighted by Crippen LogP contribution is -2.35. The highest BCUT2D eigenvalue weighted by atomic mass is 35.5. The van der Waals surface area contributed by atoms with E-state index >= 15 is 0 Å². The number of anilines is 1. The average Bonchev–Trinajstić information content (AvgIpc) is 3.84. The highest BCUT2D eigenvalue weighted by Gasteiger charge is 2.41. The summed E-state index contributed by atoms with van der Waals surface area (Å²) in [5.74, 6) is -0.0497. The van der Waals surface area contributed by atoms with Gasteiger partial charge in [0.1, 0.15) is 23.6 Å². The van der Waals surface area contributed by atoms with Gasteiger partial charge >= 0.3 is 6.61 Å². The number of ether oxygens (including phenoxy) is 1. The molecule has 1 N–H and O–H groups in total. The third-order valence-electron chi connectivity index (χ3n) is 8.72. The SMILES string of the molecule is O=C(Nc1cn(CC(=O)N2CC3CN(CCc4ccccc4)CC3C2)nc1-c1cc(Cl)ccc1OC(F)F)c1cnn2cccnc12. The summed E-state index contributed by atoms with van der Waals surface area (Å²) >= 11 is 6.24. The van der Waals surface area contributed by atoms with Crippen LogP contribution >= 0.6 is 11.6 Å². The second kappa shape index (κ2) is 13.1. The minimum absolute atomic E-state index is 0.107. The molecule has 0 aliphatic carbocycles. The van der Waals surface area contributed by atoms with Gasteiger partial charge in [0.15, 0.2) is 5.65 Å². The molecule has 0 saturated carbocycles. The molecule has 11 nitrogen and oxygen atoms in total. The molecule has 7 rings (SSSR count). The summed E-state index contributed by atoms with van der Waals surface area (Å²) in [6, 6.07) is 16.2. The second-order valence-corrected chi connectivity index (χ2v) is 12.3. The van der Waals surface area contributed by atoms with Crippen LogP contribution in [0, 0.1) is 11.8 Å². The van der Waals surface area contributed by atoms with E-state index in [0.717, 1.165) is 26.1 Å². The molecule has 2 amide bonds. The predicted molar refractivity (Wildman–Crippen MR) is 170 cm³/mol. The Labute approximate surface area is 273 Å². The molecule has 0 radical (unpaired) electrons. The van der Waals surface area contributed by atoms with Gasteiger partial charge in [0.05, 0.1) is 11.9 Å². The van der Waals surface area contributed by atoms with Crippen molar-refractivity contribution in [2.75, 3.05) is 38.0 Å². The molecule has 2 saturated heterocycles. The standard InChI is InChI=1S/C33H31ClF2N8O3/c34-24-7-8-28(47-33(35)36)25(13-24)30-27(39-32(46)26-14-38-44-11-4-10-37-31(26)44)19-43(40-30)20-29(45)42-17-22-15-41(16-23(22)18-42)12-9-21-5-2-1-3-6-21/h1-8,10-11,13-14,19,22-23,33H,9,12,15-18,20H2,(H,39,46). The van der Waals surface area contributed by atoms with Gasteiger partial charge in [-0.15, -0.1) is 0 Å². The van der Waals surface area contributed by atoms with Crippen LogP contribution in [0.4, 0.5) is 14.5 Å². The van der Waals surface area contributed by atoms with Crippen molar-refractivity contribution in [1.29, 1.82) is 0 Å². The fraction of sp³-hybridized carbons (Fsp3) is 0.303. The lowest BCUT2D eigenvalue weighted by atomic mass is 10.0. The van der Waals surface area contributed by atoms with Crippen molar-refractivity contribution in [2.24, 2.45) is 11.8 Å². The molecule has 5 heterocycles. The Balaban J connectivity index is 1.08. The first-order valence-electron chi connectivity index (χ1n) is 15.3. The van der Waals surface area contributed by atoms with Crippen LogP contribution in [0.15, 0.2) is 79.4 Å². The average molecular weight is 661 g/mol. The molecule has 0 bridgehead atoms. The molecule has 2 aliphatic heterocycles. The van der Waals surface area contributed by atoms with E-state index in [2.05, 4.69) is 49.7 Å². The maximum atomic E-state index is 13.5. The number of benzene rings is 2. The van der Waals surface area contributed by atoms with E-state index in [-0.39, 0.29) is 45.7 Å². The van der Waals surface area contributed by atoms with E-state index in [4.69, 9.17) is 16.3 Å². The summed E-state index contributed by atoms with van der Waals surface area (Å²) in [5.41, 5.74) is 2.25. The highest BCUT2D eigenvalue weighted by Crippen LogP contribution is 2.37. The highest BCUT2D eigenvalue weighted by molar-refractivity contribution is 6.31. The fourth-order valence-electron chi connectivity index (χ4n) is 6.50. The van der Waals surface area contributed by atoms with E-state index in [1.165, 1.54) is 51.6 Å². The van der Waals surface area contributed by atoms with Crippen molar-refractivity contribution in [3.63, 3.8) is 0 Å².